The zero-order valence-corrected chi connectivity index (χ0v) is 12.1. The maximum Gasteiger partial charge on any atom is 0.357 e. The van der Waals surface area contributed by atoms with Crippen LogP contribution in [0.1, 0.15) is 10.5 Å². The minimum Gasteiger partial charge on any atom is -0.464 e. The number of hydrogen-bond acceptors (Lipinski definition) is 3. The number of carbonyl (C=O) groups excluding carboxylic acids is 1. The number of halogens is 3. The van der Waals surface area contributed by atoms with E-state index in [9.17, 15) is 4.79 Å². The molecule has 0 aliphatic carbocycles. The highest BCUT2D eigenvalue weighted by atomic mass is 35.5. The van der Waals surface area contributed by atoms with E-state index in [1.54, 1.807) is 24.3 Å². The number of pyridine rings is 1. The molecule has 6 heteroatoms. The molecular weight excluding hydrogens is 309 g/mol. The number of esters is 1. The van der Waals surface area contributed by atoms with Crippen molar-refractivity contribution in [1.82, 2.24) is 4.98 Å². The molecular formula is C13H8Cl3NO2. The van der Waals surface area contributed by atoms with Crippen molar-refractivity contribution < 1.29 is 9.53 Å². The van der Waals surface area contributed by atoms with Crippen molar-refractivity contribution in [3.05, 3.63) is 51.2 Å². The van der Waals surface area contributed by atoms with Crippen molar-refractivity contribution in [1.29, 1.82) is 0 Å². The first kappa shape index (κ1) is 14.1. The second-order valence-electron chi connectivity index (χ2n) is 3.64. The minimum absolute atomic E-state index is 0.149. The van der Waals surface area contributed by atoms with Gasteiger partial charge < -0.3 is 4.74 Å². The van der Waals surface area contributed by atoms with E-state index in [1.165, 1.54) is 13.3 Å². The molecule has 1 aromatic heterocycles. The van der Waals surface area contributed by atoms with Gasteiger partial charge in [-0.15, -0.1) is 0 Å². The first-order chi connectivity index (χ1) is 9.04. The number of rotatable bonds is 2. The van der Waals surface area contributed by atoms with Gasteiger partial charge in [0.25, 0.3) is 0 Å². The van der Waals surface area contributed by atoms with Crippen LogP contribution in [0.15, 0.2) is 30.5 Å². The monoisotopic (exact) mass is 315 g/mol. The summed E-state index contributed by atoms with van der Waals surface area (Å²) in [5, 5.41) is 1.11. The van der Waals surface area contributed by atoms with Crippen molar-refractivity contribution in [3.8, 4) is 11.1 Å². The third-order valence-electron chi connectivity index (χ3n) is 2.46. The average Bonchev–Trinajstić information content (AvgIpc) is 2.37. The molecule has 0 aliphatic heterocycles. The summed E-state index contributed by atoms with van der Waals surface area (Å²) in [5.41, 5.74) is 1.15. The molecule has 0 unspecified atom stereocenters. The first-order valence-corrected chi connectivity index (χ1v) is 6.36. The van der Waals surface area contributed by atoms with Crippen LogP contribution >= 0.6 is 34.8 Å². The van der Waals surface area contributed by atoms with Crippen molar-refractivity contribution in [2.45, 2.75) is 0 Å². The van der Waals surface area contributed by atoms with Crippen LogP contribution in [-0.2, 0) is 4.74 Å². The highest BCUT2D eigenvalue weighted by Gasteiger charge is 2.19. The molecule has 1 aromatic carbocycles. The summed E-state index contributed by atoms with van der Waals surface area (Å²) >= 11 is 18.1. The molecule has 2 rings (SSSR count). The van der Waals surface area contributed by atoms with Gasteiger partial charge in [0, 0.05) is 22.3 Å². The van der Waals surface area contributed by atoms with E-state index in [1.807, 2.05) is 0 Å². The van der Waals surface area contributed by atoms with Crippen molar-refractivity contribution in [2.24, 2.45) is 0 Å². The second-order valence-corrected chi connectivity index (χ2v) is 4.89. The Morgan fingerprint density at radius 2 is 1.84 bits per heavy atom. The van der Waals surface area contributed by atoms with Crippen molar-refractivity contribution in [2.75, 3.05) is 7.11 Å². The lowest BCUT2D eigenvalue weighted by Crippen LogP contribution is -2.06. The summed E-state index contributed by atoms with van der Waals surface area (Å²) < 4.78 is 4.69. The van der Waals surface area contributed by atoms with Gasteiger partial charge in [-0.25, -0.2) is 9.78 Å². The Bertz CT molecular complexity index is 621. The third-order valence-corrected chi connectivity index (χ3v) is 3.28. The zero-order chi connectivity index (χ0) is 14.0. The van der Waals surface area contributed by atoms with Crippen LogP contribution in [0.25, 0.3) is 11.1 Å². The third kappa shape index (κ3) is 2.84. The van der Waals surface area contributed by atoms with E-state index in [4.69, 9.17) is 34.8 Å². The molecule has 0 bridgehead atoms. The smallest absolute Gasteiger partial charge is 0.357 e. The number of aromatic nitrogens is 1. The summed E-state index contributed by atoms with van der Waals surface area (Å²) in [5.74, 6) is -0.558. The van der Waals surface area contributed by atoms with Crippen molar-refractivity contribution >= 4 is 40.8 Å². The Hall–Kier alpha value is -1.29. The standard InChI is InChI=1S/C13H8Cl3NO2/c1-19-13(18)12-8(3-2-4-17-12)11-9(15)5-7(14)6-10(11)16/h2-6H,1H3. The predicted molar refractivity (Wildman–Crippen MR) is 76.0 cm³/mol. The lowest BCUT2D eigenvalue weighted by Gasteiger charge is -2.11. The van der Waals surface area contributed by atoms with E-state index in [-0.39, 0.29) is 5.69 Å². The number of methoxy groups -OCH3 is 1. The van der Waals surface area contributed by atoms with Crippen LogP contribution in [0.5, 0.6) is 0 Å². The molecule has 98 valence electrons. The van der Waals surface area contributed by atoms with E-state index in [2.05, 4.69) is 9.72 Å². The minimum atomic E-state index is -0.558. The molecule has 0 atom stereocenters. The molecule has 0 fully saturated rings. The molecule has 3 nitrogen and oxygen atoms in total. The van der Waals surface area contributed by atoms with Crippen LogP contribution in [0, 0.1) is 0 Å². The molecule has 19 heavy (non-hydrogen) atoms. The summed E-state index contributed by atoms with van der Waals surface area (Å²) in [6.07, 6.45) is 1.49. The fraction of sp³-hybridized carbons (Fsp3) is 0.0769. The van der Waals surface area contributed by atoms with Gasteiger partial charge in [0.1, 0.15) is 0 Å². The molecule has 2 aromatic rings. The lowest BCUT2D eigenvalue weighted by molar-refractivity contribution is 0.0595. The molecule has 0 N–H and O–H groups in total. The van der Waals surface area contributed by atoms with Crippen LogP contribution in [0.4, 0.5) is 0 Å². The highest BCUT2D eigenvalue weighted by molar-refractivity contribution is 6.42. The average molecular weight is 317 g/mol. The zero-order valence-electron chi connectivity index (χ0n) is 9.78. The topological polar surface area (TPSA) is 39.2 Å². The number of benzene rings is 1. The summed E-state index contributed by atoms with van der Waals surface area (Å²) in [7, 11) is 1.28. The first-order valence-electron chi connectivity index (χ1n) is 5.23. The molecule has 0 radical (unpaired) electrons. The number of nitrogens with zero attached hydrogens (tertiary/aromatic N) is 1. The fourth-order valence-electron chi connectivity index (χ4n) is 1.67. The van der Waals surface area contributed by atoms with Gasteiger partial charge in [-0.1, -0.05) is 40.9 Å². The Morgan fingerprint density at radius 3 is 2.42 bits per heavy atom. The lowest BCUT2D eigenvalue weighted by atomic mass is 10.0. The quantitative estimate of drug-likeness (QED) is 0.766. The summed E-state index contributed by atoms with van der Waals surface area (Å²) in [4.78, 5) is 15.7. The second kappa shape index (κ2) is 5.78. The predicted octanol–water partition coefficient (Wildman–Crippen LogP) is 4.50. The molecule has 0 amide bonds. The molecule has 0 spiro atoms. The normalized spacial score (nSPS) is 10.3. The molecule has 0 saturated carbocycles. The van der Waals surface area contributed by atoms with Gasteiger partial charge in [0.2, 0.25) is 0 Å². The summed E-state index contributed by atoms with van der Waals surface area (Å²) in [6.45, 7) is 0. The van der Waals surface area contributed by atoms with Gasteiger partial charge in [0.15, 0.2) is 5.69 Å². The Balaban J connectivity index is 2.70. The van der Waals surface area contributed by atoms with E-state index in [0.29, 0.717) is 26.2 Å². The molecule has 0 saturated heterocycles. The van der Waals surface area contributed by atoms with Gasteiger partial charge in [0.05, 0.1) is 17.2 Å². The SMILES string of the molecule is COC(=O)c1ncccc1-c1c(Cl)cc(Cl)cc1Cl. The van der Waals surface area contributed by atoms with Gasteiger partial charge in [-0.05, 0) is 18.2 Å². The highest BCUT2D eigenvalue weighted by Crippen LogP contribution is 2.38. The number of carbonyl (C=O) groups is 1. The van der Waals surface area contributed by atoms with Gasteiger partial charge >= 0.3 is 5.97 Å². The van der Waals surface area contributed by atoms with E-state index < -0.39 is 5.97 Å². The van der Waals surface area contributed by atoms with E-state index >= 15 is 0 Å². The van der Waals surface area contributed by atoms with Gasteiger partial charge in [-0.2, -0.15) is 0 Å². The Morgan fingerprint density at radius 1 is 1.21 bits per heavy atom. The maximum atomic E-state index is 11.7. The van der Waals surface area contributed by atoms with Crippen molar-refractivity contribution in [3.63, 3.8) is 0 Å². The molecule has 0 aliphatic rings. The Kier molecular flexibility index (Phi) is 4.30. The summed E-state index contributed by atoms with van der Waals surface area (Å²) in [6, 6.07) is 6.49. The fourth-order valence-corrected chi connectivity index (χ4v) is 2.69. The number of ether oxygens (including phenoxy) is 1. The van der Waals surface area contributed by atoms with Gasteiger partial charge in [-0.3, -0.25) is 0 Å². The van der Waals surface area contributed by atoms with Crippen LogP contribution in [-0.4, -0.2) is 18.1 Å². The largest absolute Gasteiger partial charge is 0.464 e. The maximum absolute atomic E-state index is 11.7. The number of hydrogen-bond donors (Lipinski definition) is 0. The van der Waals surface area contributed by atoms with Crippen LogP contribution in [0.3, 0.4) is 0 Å². The Labute approximate surface area is 125 Å². The molecule has 1 heterocycles. The van der Waals surface area contributed by atoms with Crippen LogP contribution in [0.2, 0.25) is 15.1 Å². The van der Waals surface area contributed by atoms with Crippen LogP contribution < -0.4 is 0 Å². The van der Waals surface area contributed by atoms with E-state index in [0.717, 1.165) is 0 Å².